The lowest BCUT2D eigenvalue weighted by molar-refractivity contribution is 0.0807. The Labute approximate surface area is 149 Å². The molecule has 3 aromatic rings. The highest BCUT2D eigenvalue weighted by atomic mass is 35.5. The van der Waals surface area contributed by atoms with E-state index in [1.807, 2.05) is 48.0 Å². The standard InChI is InChI=1S/C17H16ClN5O2/c1-22-15(20-21-17(22)14-6-3-9-24-14)7-8-16-19-11-23(25-16)13-5-2-4-12(18)10-13/h2-6,9-11,16H,7-8H2,1H3. The van der Waals surface area contributed by atoms with Crippen molar-refractivity contribution in [1.82, 2.24) is 14.8 Å². The van der Waals surface area contributed by atoms with Gasteiger partial charge in [-0.2, -0.15) is 0 Å². The predicted octanol–water partition coefficient (Wildman–Crippen LogP) is 3.47. The molecule has 0 bridgehead atoms. The maximum absolute atomic E-state index is 6.01. The van der Waals surface area contributed by atoms with Crippen LogP contribution in [0.5, 0.6) is 0 Å². The topological polar surface area (TPSA) is 68.7 Å². The van der Waals surface area contributed by atoms with Gasteiger partial charge in [-0.15, -0.1) is 10.2 Å². The fraction of sp³-hybridized carbons (Fsp3) is 0.235. The van der Waals surface area contributed by atoms with Gasteiger partial charge in [-0.05, 0) is 30.3 Å². The van der Waals surface area contributed by atoms with Crippen LogP contribution in [0, 0.1) is 0 Å². The van der Waals surface area contributed by atoms with Crippen LogP contribution in [0.1, 0.15) is 12.2 Å². The minimum atomic E-state index is -0.261. The number of aryl methyl sites for hydroxylation is 1. The second kappa shape index (κ2) is 6.70. The number of furan rings is 1. The van der Waals surface area contributed by atoms with E-state index in [4.69, 9.17) is 20.9 Å². The number of hydroxylamine groups is 1. The second-order valence-corrected chi connectivity index (χ2v) is 6.08. The van der Waals surface area contributed by atoms with Crippen LogP contribution in [0.4, 0.5) is 5.69 Å². The number of nitrogens with zero attached hydrogens (tertiary/aromatic N) is 5. The van der Waals surface area contributed by atoms with Crippen molar-refractivity contribution in [1.29, 1.82) is 0 Å². The molecule has 0 amide bonds. The number of halogens is 1. The summed E-state index contributed by atoms with van der Waals surface area (Å²) >= 11 is 6.01. The summed E-state index contributed by atoms with van der Waals surface area (Å²) in [6, 6.07) is 11.1. The minimum Gasteiger partial charge on any atom is -0.461 e. The summed E-state index contributed by atoms with van der Waals surface area (Å²) in [5.41, 5.74) is 0.845. The molecule has 2 aromatic heterocycles. The number of benzene rings is 1. The van der Waals surface area contributed by atoms with Crippen LogP contribution in [0.2, 0.25) is 5.02 Å². The fourth-order valence-electron chi connectivity index (χ4n) is 2.64. The van der Waals surface area contributed by atoms with E-state index in [2.05, 4.69) is 15.2 Å². The summed E-state index contributed by atoms with van der Waals surface area (Å²) in [5.74, 6) is 2.26. The Morgan fingerprint density at radius 3 is 2.92 bits per heavy atom. The Bertz CT molecular complexity index is 890. The van der Waals surface area contributed by atoms with E-state index in [9.17, 15) is 0 Å². The van der Waals surface area contributed by atoms with Gasteiger partial charge in [0.1, 0.15) is 12.2 Å². The van der Waals surface area contributed by atoms with Crippen molar-refractivity contribution < 1.29 is 9.25 Å². The first-order chi connectivity index (χ1) is 12.2. The van der Waals surface area contributed by atoms with Gasteiger partial charge in [0, 0.05) is 24.9 Å². The van der Waals surface area contributed by atoms with Crippen LogP contribution in [-0.2, 0) is 18.3 Å². The highest BCUT2D eigenvalue weighted by molar-refractivity contribution is 6.30. The highest BCUT2D eigenvalue weighted by Gasteiger charge is 2.21. The van der Waals surface area contributed by atoms with Gasteiger partial charge in [-0.3, -0.25) is 0 Å². The molecule has 128 valence electrons. The van der Waals surface area contributed by atoms with Crippen molar-refractivity contribution in [2.45, 2.75) is 19.1 Å². The molecule has 7 nitrogen and oxygen atoms in total. The maximum atomic E-state index is 6.01. The van der Waals surface area contributed by atoms with E-state index >= 15 is 0 Å². The lowest BCUT2D eigenvalue weighted by atomic mass is 10.2. The summed E-state index contributed by atoms with van der Waals surface area (Å²) in [6.45, 7) is 0. The van der Waals surface area contributed by atoms with E-state index in [0.29, 0.717) is 29.4 Å². The molecule has 0 N–H and O–H groups in total. The molecule has 0 saturated carbocycles. The number of hydrogen-bond donors (Lipinski definition) is 0. The Morgan fingerprint density at radius 2 is 2.12 bits per heavy atom. The zero-order valence-electron chi connectivity index (χ0n) is 13.5. The van der Waals surface area contributed by atoms with Crippen molar-refractivity contribution in [3.63, 3.8) is 0 Å². The molecule has 1 aliphatic heterocycles. The number of hydrogen-bond acceptors (Lipinski definition) is 6. The van der Waals surface area contributed by atoms with Crippen molar-refractivity contribution >= 4 is 23.6 Å². The zero-order chi connectivity index (χ0) is 17.2. The van der Waals surface area contributed by atoms with Crippen molar-refractivity contribution in [2.75, 3.05) is 5.06 Å². The molecule has 25 heavy (non-hydrogen) atoms. The molecular weight excluding hydrogens is 342 g/mol. The molecule has 1 unspecified atom stereocenters. The number of anilines is 1. The Hall–Kier alpha value is -2.64. The summed E-state index contributed by atoms with van der Waals surface area (Å²) in [7, 11) is 1.92. The Balaban J connectivity index is 1.38. The van der Waals surface area contributed by atoms with Crippen LogP contribution >= 0.6 is 11.6 Å². The normalized spacial score (nSPS) is 16.7. The molecule has 0 aliphatic carbocycles. The molecule has 0 radical (unpaired) electrons. The van der Waals surface area contributed by atoms with E-state index in [1.165, 1.54) is 0 Å². The zero-order valence-corrected chi connectivity index (χ0v) is 14.3. The lowest BCUT2D eigenvalue weighted by Crippen LogP contribution is -2.20. The first-order valence-corrected chi connectivity index (χ1v) is 8.25. The van der Waals surface area contributed by atoms with Gasteiger partial charge in [0.2, 0.25) is 0 Å². The van der Waals surface area contributed by atoms with Crippen LogP contribution < -0.4 is 5.06 Å². The molecule has 1 aliphatic rings. The fourth-order valence-corrected chi connectivity index (χ4v) is 2.83. The summed E-state index contributed by atoms with van der Waals surface area (Å²) < 4.78 is 7.30. The van der Waals surface area contributed by atoms with Gasteiger partial charge in [0.15, 0.2) is 17.8 Å². The first-order valence-electron chi connectivity index (χ1n) is 7.88. The van der Waals surface area contributed by atoms with Crippen molar-refractivity contribution in [2.24, 2.45) is 12.0 Å². The molecule has 0 saturated heterocycles. The smallest absolute Gasteiger partial charge is 0.199 e. The average Bonchev–Trinajstić information content (AvgIpc) is 3.34. The Morgan fingerprint density at radius 1 is 1.20 bits per heavy atom. The van der Waals surface area contributed by atoms with Gasteiger partial charge in [-0.1, -0.05) is 17.7 Å². The number of aromatic nitrogens is 3. The van der Waals surface area contributed by atoms with E-state index in [-0.39, 0.29) is 6.23 Å². The van der Waals surface area contributed by atoms with Gasteiger partial charge in [-0.25, -0.2) is 14.9 Å². The maximum Gasteiger partial charge on any atom is 0.199 e. The van der Waals surface area contributed by atoms with Crippen molar-refractivity contribution in [3.05, 3.63) is 53.5 Å². The SMILES string of the molecule is Cn1c(CCC2N=CN(c3cccc(Cl)c3)O2)nnc1-c1ccco1. The first kappa shape index (κ1) is 15.9. The molecule has 3 heterocycles. The molecule has 1 atom stereocenters. The van der Waals surface area contributed by atoms with Gasteiger partial charge >= 0.3 is 0 Å². The Kier molecular flexibility index (Phi) is 4.25. The summed E-state index contributed by atoms with van der Waals surface area (Å²) in [5, 5.41) is 10.7. The number of rotatable bonds is 5. The molecule has 4 rings (SSSR count). The monoisotopic (exact) mass is 357 g/mol. The molecule has 0 fully saturated rings. The third kappa shape index (κ3) is 3.29. The van der Waals surface area contributed by atoms with Crippen LogP contribution in [0.3, 0.4) is 0 Å². The number of aliphatic imine (C=N–C) groups is 1. The average molecular weight is 358 g/mol. The van der Waals surface area contributed by atoms with Crippen molar-refractivity contribution in [3.8, 4) is 11.6 Å². The van der Waals surface area contributed by atoms with Gasteiger partial charge in [0.05, 0.1) is 12.0 Å². The molecule has 0 spiro atoms. The van der Waals surface area contributed by atoms with E-state index in [0.717, 1.165) is 11.5 Å². The van der Waals surface area contributed by atoms with Gasteiger partial charge in [0.25, 0.3) is 0 Å². The third-order valence-electron chi connectivity index (χ3n) is 3.96. The summed E-state index contributed by atoms with van der Waals surface area (Å²) in [4.78, 5) is 10.2. The summed E-state index contributed by atoms with van der Waals surface area (Å²) in [6.07, 6.45) is 4.41. The predicted molar refractivity (Wildman–Crippen MR) is 94.3 cm³/mol. The second-order valence-electron chi connectivity index (χ2n) is 5.65. The molecular formula is C17H16ClN5O2. The van der Waals surface area contributed by atoms with E-state index < -0.39 is 0 Å². The highest BCUT2D eigenvalue weighted by Crippen LogP contribution is 2.24. The van der Waals surface area contributed by atoms with Crippen LogP contribution in [-0.4, -0.2) is 27.3 Å². The lowest BCUT2D eigenvalue weighted by Gasteiger charge is -2.16. The van der Waals surface area contributed by atoms with Crippen LogP contribution in [0.15, 0.2) is 52.1 Å². The van der Waals surface area contributed by atoms with E-state index in [1.54, 1.807) is 17.7 Å². The third-order valence-corrected chi connectivity index (χ3v) is 4.19. The largest absolute Gasteiger partial charge is 0.461 e. The minimum absolute atomic E-state index is 0.261. The molecule has 1 aromatic carbocycles. The molecule has 8 heteroatoms. The van der Waals surface area contributed by atoms with Crippen LogP contribution in [0.25, 0.3) is 11.6 Å². The quantitative estimate of drug-likeness (QED) is 0.699. The van der Waals surface area contributed by atoms with Gasteiger partial charge < -0.3 is 8.98 Å².